The van der Waals surface area contributed by atoms with Crippen LogP contribution in [-0.2, 0) is 49.2 Å². The minimum atomic E-state index is -1.62. The van der Waals surface area contributed by atoms with E-state index in [0.29, 0.717) is 12.0 Å². The van der Waals surface area contributed by atoms with E-state index < -0.39 is 58.0 Å². The highest BCUT2D eigenvalue weighted by Gasteiger charge is 2.61. The molecule has 15 nitrogen and oxygen atoms in total. The van der Waals surface area contributed by atoms with Gasteiger partial charge in [0.05, 0.1) is 6.42 Å². The molecule has 0 saturated carbocycles. The zero-order chi connectivity index (χ0) is 30.5. The lowest BCUT2D eigenvalue weighted by Gasteiger charge is -2.49. The van der Waals surface area contributed by atoms with E-state index in [1.54, 1.807) is 27.7 Å². The SMILES string of the molecule is BOC(=O)CCO/N=C(\C(=O)N[C@@H]1C(=O)N2C(C(=O)OB)=C(CC)C[S+]([O-])[C@H]12)c1csc(NC(=O)OC(C)(C)C)n1. The third-order valence-corrected chi connectivity index (χ3v) is 8.06. The van der Waals surface area contributed by atoms with Crippen LogP contribution in [-0.4, -0.2) is 95.5 Å². The number of fused-ring (bicyclic) bond motifs is 1. The molecule has 3 amide bonds. The molecule has 220 valence electrons. The summed E-state index contributed by atoms with van der Waals surface area (Å²) in [6.07, 6.45) is -0.541. The first-order chi connectivity index (χ1) is 19.3. The van der Waals surface area contributed by atoms with Crippen LogP contribution in [0.3, 0.4) is 0 Å². The Kier molecular flexibility index (Phi) is 10.4. The highest BCUT2D eigenvalue weighted by Crippen LogP contribution is 2.38. The summed E-state index contributed by atoms with van der Waals surface area (Å²) in [5.74, 6) is -2.83. The zero-order valence-electron chi connectivity index (χ0n) is 23.3. The van der Waals surface area contributed by atoms with Crippen LogP contribution >= 0.6 is 11.3 Å². The molecule has 3 heterocycles. The quantitative estimate of drug-likeness (QED) is 0.0813. The Labute approximate surface area is 244 Å². The first-order valence-electron chi connectivity index (χ1n) is 12.3. The lowest BCUT2D eigenvalue weighted by atomic mass is 10.0. The van der Waals surface area contributed by atoms with E-state index >= 15 is 0 Å². The Balaban J connectivity index is 1.82. The van der Waals surface area contributed by atoms with Crippen LogP contribution in [0.1, 0.15) is 46.2 Å². The molecule has 41 heavy (non-hydrogen) atoms. The molecule has 1 unspecified atom stereocenters. The number of aromatic nitrogens is 1. The molecule has 0 radical (unpaired) electrons. The second-order valence-corrected chi connectivity index (χ2v) is 12.0. The Morgan fingerprint density at radius 3 is 2.59 bits per heavy atom. The van der Waals surface area contributed by atoms with Crippen LogP contribution in [0.2, 0.25) is 0 Å². The summed E-state index contributed by atoms with van der Waals surface area (Å²) in [6, 6.07) is -1.24. The van der Waals surface area contributed by atoms with Gasteiger partial charge in [-0.25, -0.2) is 14.6 Å². The molecular formula is C22H29B2N5O10S2. The molecule has 1 saturated heterocycles. The molecule has 2 aliphatic heterocycles. The van der Waals surface area contributed by atoms with Gasteiger partial charge in [-0.15, -0.1) is 11.3 Å². The summed E-state index contributed by atoms with van der Waals surface area (Å²) >= 11 is -0.650. The summed E-state index contributed by atoms with van der Waals surface area (Å²) < 4.78 is 27.5. The molecule has 2 aliphatic rings. The zero-order valence-corrected chi connectivity index (χ0v) is 24.9. The number of oxime groups is 1. The Bertz CT molecular complexity index is 1280. The predicted octanol–water partition coefficient (Wildman–Crippen LogP) is -1.14. The van der Waals surface area contributed by atoms with Crippen LogP contribution in [0, 0.1) is 0 Å². The second-order valence-electron chi connectivity index (χ2n) is 9.64. The smallest absolute Gasteiger partial charge is 0.413 e. The van der Waals surface area contributed by atoms with Crippen molar-refractivity contribution in [3.63, 3.8) is 0 Å². The van der Waals surface area contributed by atoms with Gasteiger partial charge in [-0.2, -0.15) is 0 Å². The van der Waals surface area contributed by atoms with Crippen molar-refractivity contribution in [1.29, 1.82) is 0 Å². The molecule has 0 aromatic carbocycles. The fourth-order valence-corrected chi connectivity index (χ4v) is 6.26. The maximum absolute atomic E-state index is 13.3. The maximum atomic E-state index is 13.3. The first kappa shape index (κ1) is 32.0. The summed E-state index contributed by atoms with van der Waals surface area (Å²) in [5, 5.41) is 9.25. The number of hydrogen-bond donors (Lipinski definition) is 2. The number of thiazole rings is 1. The van der Waals surface area contributed by atoms with E-state index in [4.69, 9.17) is 14.2 Å². The van der Waals surface area contributed by atoms with Gasteiger partial charge in [0.15, 0.2) is 16.9 Å². The molecule has 3 atom stereocenters. The summed E-state index contributed by atoms with van der Waals surface area (Å²) in [4.78, 5) is 72.7. The van der Waals surface area contributed by atoms with Crippen LogP contribution in [0.5, 0.6) is 0 Å². The van der Waals surface area contributed by atoms with E-state index in [2.05, 4.69) is 25.4 Å². The van der Waals surface area contributed by atoms with Gasteiger partial charge in [0.2, 0.25) is 5.37 Å². The van der Waals surface area contributed by atoms with Crippen LogP contribution < -0.4 is 10.6 Å². The third-order valence-electron chi connectivity index (χ3n) is 5.65. The molecule has 0 bridgehead atoms. The number of carbonyl (C=O) groups is 5. The molecule has 0 aliphatic carbocycles. The molecule has 0 spiro atoms. The first-order valence-corrected chi connectivity index (χ1v) is 14.6. The van der Waals surface area contributed by atoms with Crippen molar-refractivity contribution in [2.75, 3.05) is 17.7 Å². The van der Waals surface area contributed by atoms with E-state index in [1.807, 2.05) is 0 Å². The van der Waals surface area contributed by atoms with Crippen molar-refractivity contribution in [1.82, 2.24) is 15.2 Å². The molecule has 3 rings (SSSR count). The van der Waals surface area contributed by atoms with Crippen molar-refractivity contribution >= 4 is 79.3 Å². The van der Waals surface area contributed by atoms with Crippen LogP contribution in [0.25, 0.3) is 0 Å². The normalized spacial score (nSPS) is 20.4. The van der Waals surface area contributed by atoms with E-state index in [1.165, 1.54) is 21.5 Å². The van der Waals surface area contributed by atoms with Gasteiger partial charge in [-0.05, 0) is 38.4 Å². The third kappa shape index (κ3) is 7.59. The summed E-state index contributed by atoms with van der Waals surface area (Å²) in [5.41, 5.74) is -0.624. The average Bonchev–Trinajstić information content (AvgIpc) is 3.36. The van der Waals surface area contributed by atoms with Crippen LogP contribution in [0.4, 0.5) is 9.93 Å². The number of nitrogens with zero attached hydrogens (tertiary/aromatic N) is 3. The molecule has 1 aromatic rings. The van der Waals surface area contributed by atoms with Gasteiger partial charge < -0.3 is 28.8 Å². The second kappa shape index (κ2) is 13.4. The molecular weight excluding hydrogens is 580 g/mol. The van der Waals surface area contributed by atoms with Crippen LogP contribution in [0.15, 0.2) is 21.8 Å². The Morgan fingerprint density at radius 1 is 1.27 bits per heavy atom. The minimum Gasteiger partial charge on any atom is -0.614 e. The lowest BCUT2D eigenvalue weighted by Crippen LogP contribution is -2.75. The van der Waals surface area contributed by atoms with E-state index in [9.17, 15) is 28.5 Å². The summed E-state index contributed by atoms with van der Waals surface area (Å²) in [7, 11) is 2.38. The van der Waals surface area contributed by atoms with E-state index in [-0.39, 0.29) is 41.0 Å². The van der Waals surface area contributed by atoms with Crippen molar-refractivity contribution in [2.24, 2.45) is 5.16 Å². The highest BCUT2D eigenvalue weighted by atomic mass is 32.2. The molecule has 1 fully saturated rings. The fourth-order valence-electron chi connectivity index (χ4n) is 3.79. The largest absolute Gasteiger partial charge is 0.614 e. The number of nitrogens with one attached hydrogen (secondary N) is 2. The van der Waals surface area contributed by atoms with Gasteiger partial charge >= 0.3 is 28.2 Å². The van der Waals surface area contributed by atoms with E-state index in [0.717, 1.165) is 16.2 Å². The van der Waals surface area contributed by atoms with Gasteiger partial charge in [-0.3, -0.25) is 24.6 Å². The topological polar surface area (TPSA) is 198 Å². The number of carbonyl (C=O) groups excluding carboxylic acids is 5. The minimum absolute atomic E-state index is 0.0200. The number of amides is 3. The number of β-lactam (4-membered cyclic amide) rings is 1. The Hall–Kier alpha value is -3.57. The summed E-state index contributed by atoms with van der Waals surface area (Å²) in [6.45, 7) is 6.61. The molecule has 19 heteroatoms. The van der Waals surface area contributed by atoms with Crippen molar-refractivity contribution in [2.45, 2.75) is 57.6 Å². The van der Waals surface area contributed by atoms with Gasteiger partial charge in [0.25, 0.3) is 17.8 Å². The van der Waals surface area contributed by atoms with Crippen molar-refractivity contribution in [3.8, 4) is 0 Å². The Morgan fingerprint density at radius 2 is 1.98 bits per heavy atom. The van der Waals surface area contributed by atoms with Gasteiger partial charge in [0, 0.05) is 11.0 Å². The predicted molar refractivity (Wildman–Crippen MR) is 151 cm³/mol. The van der Waals surface area contributed by atoms with Gasteiger partial charge in [-0.1, -0.05) is 12.1 Å². The van der Waals surface area contributed by atoms with Crippen molar-refractivity contribution < 1.29 is 47.4 Å². The number of ether oxygens (including phenoxy) is 1. The highest BCUT2D eigenvalue weighted by molar-refractivity contribution is 7.92. The number of rotatable bonds is 10. The standard InChI is InChI=1S/C22H29B2N5O10S2/c1-5-10-9-41(35)18-14(17(32)29(18)15(10)19(33)39-24)26-16(31)13(28-36-7-6-12(30)38-23)11-8-40-20(25-11)27-21(34)37-22(2,3)4/h8,14,18H,5-7,9,23-24H2,1-4H3,(H,26,31)(H,25,27,34)/b28-13-/t14-,18-,41?/m1/s1. The monoisotopic (exact) mass is 609 g/mol. The average molecular weight is 609 g/mol. The molecule has 1 aromatic heterocycles. The lowest BCUT2D eigenvalue weighted by molar-refractivity contribution is -0.149. The number of hydrogen-bond acceptors (Lipinski definition) is 13. The fraction of sp³-hybridized carbons (Fsp3) is 0.500. The maximum Gasteiger partial charge on any atom is 0.413 e. The number of anilines is 1. The molecule has 2 N–H and O–H groups in total. The van der Waals surface area contributed by atoms with Gasteiger partial charge in [0.1, 0.15) is 29.4 Å². The van der Waals surface area contributed by atoms with Crippen molar-refractivity contribution in [3.05, 3.63) is 22.3 Å².